The highest BCUT2D eigenvalue weighted by molar-refractivity contribution is 8.25. The van der Waals surface area contributed by atoms with Crippen LogP contribution in [-0.4, -0.2) is 39.1 Å². The lowest BCUT2D eigenvalue weighted by molar-refractivity contribution is 0.211. The number of fused-ring (bicyclic) bond motifs is 2. The number of thioether (sulfide) groups is 2. The molecule has 3 atom stereocenters. The van der Waals surface area contributed by atoms with Crippen LogP contribution in [0.25, 0.3) is 0 Å². The van der Waals surface area contributed by atoms with Gasteiger partial charge in [-0.3, -0.25) is 4.57 Å². The maximum Gasteiger partial charge on any atom is 0.357 e. The minimum Gasteiger partial charge on any atom is -0.392 e. The molecule has 0 saturated carbocycles. The zero-order valence-electron chi connectivity index (χ0n) is 15.0. The lowest BCUT2D eigenvalue weighted by Gasteiger charge is -2.40. The van der Waals surface area contributed by atoms with Crippen LogP contribution < -0.4 is 0 Å². The molecule has 1 aromatic rings. The third-order valence-electron chi connectivity index (χ3n) is 4.61. The van der Waals surface area contributed by atoms with Crippen LogP contribution in [-0.2, 0) is 20.2 Å². The molecule has 2 bridgehead atoms. The summed E-state index contributed by atoms with van der Waals surface area (Å²) < 4.78 is 24.6. The Morgan fingerprint density at radius 3 is 2.35 bits per heavy atom. The van der Waals surface area contributed by atoms with Crippen LogP contribution in [0.4, 0.5) is 0 Å². The summed E-state index contributed by atoms with van der Waals surface area (Å²) in [4.78, 5) is 0.944. The van der Waals surface area contributed by atoms with Crippen molar-refractivity contribution in [2.75, 3.05) is 19.8 Å². The van der Waals surface area contributed by atoms with Gasteiger partial charge in [-0.2, -0.15) is 0 Å². The Bertz CT molecular complexity index is 698. The van der Waals surface area contributed by atoms with Gasteiger partial charge in [-0.15, -0.1) is 11.8 Å². The molecule has 1 saturated heterocycles. The van der Waals surface area contributed by atoms with Crippen LogP contribution in [0.2, 0.25) is 0 Å². The summed E-state index contributed by atoms with van der Waals surface area (Å²) in [5.41, 5.74) is 1.76. The quantitative estimate of drug-likeness (QED) is 0.460. The van der Waals surface area contributed by atoms with Crippen LogP contribution >= 0.6 is 31.1 Å². The molecule has 5 nitrogen and oxygen atoms in total. The van der Waals surface area contributed by atoms with Gasteiger partial charge in [-0.05, 0) is 43.5 Å². The lowest BCUT2D eigenvalue weighted by Crippen LogP contribution is -2.32. The van der Waals surface area contributed by atoms with Gasteiger partial charge in [-0.25, -0.2) is 0 Å². The van der Waals surface area contributed by atoms with Gasteiger partial charge in [0.15, 0.2) is 3.82 Å². The Kier molecular flexibility index (Phi) is 6.61. The molecule has 1 aromatic carbocycles. The summed E-state index contributed by atoms with van der Waals surface area (Å²) >= 11 is 3.13. The van der Waals surface area contributed by atoms with E-state index in [0.29, 0.717) is 13.2 Å². The smallest absolute Gasteiger partial charge is 0.357 e. The molecule has 144 valence electrons. The summed E-state index contributed by atoms with van der Waals surface area (Å²) in [5, 5.41) is 19.3. The molecule has 0 amide bonds. The monoisotopic (exact) mass is 416 g/mol. The predicted molar refractivity (Wildman–Crippen MR) is 106 cm³/mol. The van der Waals surface area contributed by atoms with E-state index in [-0.39, 0.29) is 24.4 Å². The average molecular weight is 417 g/mol. The van der Waals surface area contributed by atoms with Crippen molar-refractivity contribution in [1.82, 2.24) is 0 Å². The van der Waals surface area contributed by atoms with Crippen LogP contribution in [0.1, 0.15) is 25.8 Å². The van der Waals surface area contributed by atoms with Crippen molar-refractivity contribution in [3.8, 4) is 0 Å². The Morgan fingerprint density at radius 1 is 1.19 bits per heavy atom. The van der Waals surface area contributed by atoms with Crippen molar-refractivity contribution < 1.29 is 23.8 Å². The maximum atomic E-state index is 13.9. The van der Waals surface area contributed by atoms with Gasteiger partial charge in [0.05, 0.1) is 26.4 Å². The van der Waals surface area contributed by atoms with E-state index in [4.69, 9.17) is 9.05 Å². The number of hydrogen-bond acceptors (Lipinski definition) is 7. The van der Waals surface area contributed by atoms with E-state index in [1.54, 1.807) is 11.8 Å². The maximum absolute atomic E-state index is 13.9. The van der Waals surface area contributed by atoms with E-state index < -0.39 is 11.4 Å². The Labute approximate surface area is 163 Å². The highest BCUT2D eigenvalue weighted by Crippen LogP contribution is 2.80. The first-order valence-electron chi connectivity index (χ1n) is 8.79. The second-order valence-electron chi connectivity index (χ2n) is 6.21. The summed E-state index contributed by atoms with van der Waals surface area (Å²) in [6.45, 7) is 4.20. The first-order chi connectivity index (χ1) is 12.5. The number of hydrogen-bond donors (Lipinski definition) is 2. The van der Waals surface area contributed by atoms with Gasteiger partial charge in [0.2, 0.25) is 0 Å². The van der Waals surface area contributed by atoms with E-state index >= 15 is 0 Å². The molecule has 0 spiro atoms. The summed E-state index contributed by atoms with van der Waals surface area (Å²) in [5.74, 6) is -0.0612. The zero-order chi connectivity index (χ0) is 18.8. The predicted octanol–water partition coefficient (Wildman–Crippen LogP) is 4.24. The number of aliphatic hydroxyl groups is 2. The molecule has 8 heteroatoms. The number of rotatable bonds is 9. The summed E-state index contributed by atoms with van der Waals surface area (Å²) in [6.07, 6.45) is 2.93. The molecule has 1 aliphatic carbocycles. The number of aliphatic hydroxyl groups excluding tert-OH is 2. The zero-order valence-corrected chi connectivity index (χ0v) is 17.5. The fourth-order valence-corrected chi connectivity index (χ4v) is 10.8. The minimum absolute atomic E-state index is 0.0106. The van der Waals surface area contributed by atoms with Crippen molar-refractivity contribution >= 4 is 31.1 Å². The molecule has 1 fully saturated rings. The van der Waals surface area contributed by atoms with E-state index in [1.165, 1.54) is 11.8 Å². The third-order valence-corrected chi connectivity index (χ3v) is 11.7. The van der Waals surface area contributed by atoms with E-state index in [2.05, 4.69) is 6.08 Å². The van der Waals surface area contributed by atoms with Crippen molar-refractivity contribution in [1.29, 1.82) is 0 Å². The molecule has 0 aromatic heterocycles. The van der Waals surface area contributed by atoms with Crippen molar-refractivity contribution in [3.63, 3.8) is 0 Å². The summed E-state index contributed by atoms with van der Waals surface area (Å²) in [6, 6.07) is 7.58. The second-order valence-corrected chi connectivity index (χ2v) is 12.1. The lowest BCUT2D eigenvalue weighted by atomic mass is 10.0. The van der Waals surface area contributed by atoms with E-state index in [1.807, 2.05) is 38.1 Å². The van der Waals surface area contributed by atoms with Crippen molar-refractivity contribution in [2.45, 2.75) is 40.8 Å². The third kappa shape index (κ3) is 3.55. The van der Waals surface area contributed by atoms with Crippen LogP contribution in [0.3, 0.4) is 0 Å². The molecular weight excluding hydrogens is 391 g/mol. The Balaban J connectivity index is 2.02. The minimum atomic E-state index is -3.45. The average Bonchev–Trinajstić information content (AvgIpc) is 3.21. The van der Waals surface area contributed by atoms with Crippen molar-refractivity contribution in [3.05, 3.63) is 41.5 Å². The van der Waals surface area contributed by atoms with Gasteiger partial charge < -0.3 is 19.3 Å². The molecule has 2 N–H and O–H groups in total. The molecule has 26 heavy (non-hydrogen) atoms. The molecule has 1 aliphatic heterocycles. The topological polar surface area (TPSA) is 76.0 Å². The second kappa shape index (κ2) is 8.39. The highest BCUT2D eigenvalue weighted by Gasteiger charge is 2.65. The van der Waals surface area contributed by atoms with Gasteiger partial charge in [-0.1, -0.05) is 30.0 Å². The highest BCUT2D eigenvalue weighted by atomic mass is 32.2. The Hall–Kier alpha value is -0.270. The fourth-order valence-electron chi connectivity index (χ4n) is 3.53. The number of benzene rings is 1. The van der Waals surface area contributed by atoms with Crippen LogP contribution in [0.15, 0.2) is 40.8 Å². The van der Waals surface area contributed by atoms with Crippen LogP contribution in [0.5, 0.6) is 0 Å². The molecule has 1 heterocycles. The van der Waals surface area contributed by atoms with E-state index in [9.17, 15) is 14.8 Å². The molecule has 3 unspecified atom stereocenters. The Morgan fingerprint density at radius 2 is 1.85 bits per heavy atom. The molecule has 2 aliphatic rings. The first-order valence-corrected chi connectivity index (χ1v) is 12.0. The molecular formula is C18H25O5PS2. The molecule has 0 radical (unpaired) electrons. The van der Waals surface area contributed by atoms with Gasteiger partial charge in [0.1, 0.15) is 0 Å². The fraction of sp³-hybridized carbons (Fsp3) is 0.556. The van der Waals surface area contributed by atoms with Gasteiger partial charge >= 0.3 is 7.60 Å². The van der Waals surface area contributed by atoms with Gasteiger partial charge in [0.25, 0.3) is 0 Å². The normalized spacial score (nSPS) is 27.8. The van der Waals surface area contributed by atoms with E-state index in [0.717, 1.165) is 22.5 Å². The standard InChI is InChI=1S/C18H25O5PS2/c1-3-22-24(21,23-4-2)18(17-10-16(26-18)9-14(17)12-20)25-15-7-5-13(11-19)6-8-15/h5-9,16-17,19-20H,3-4,10-12H2,1-2H3. The first kappa shape index (κ1) is 20.5. The van der Waals surface area contributed by atoms with Gasteiger partial charge in [0, 0.05) is 16.1 Å². The molecule has 3 rings (SSSR count). The van der Waals surface area contributed by atoms with Crippen LogP contribution in [0, 0.1) is 5.92 Å². The largest absolute Gasteiger partial charge is 0.392 e. The summed E-state index contributed by atoms with van der Waals surface area (Å²) in [7, 11) is -3.45. The SMILES string of the molecule is CCOP(=O)(OCC)C1(Sc2ccc(CO)cc2)SC2C=C(CO)C1C2. The van der Waals surface area contributed by atoms with Crippen molar-refractivity contribution in [2.24, 2.45) is 5.92 Å².